The Balaban J connectivity index is 2.42. The van der Waals surface area contributed by atoms with Crippen molar-refractivity contribution in [2.45, 2.75) is 26.4 Å². The smallest absolute Gasteiger partial charge is 0.417 e. The van der Waals surface area contributed by atoms with Gasteiger partial charge >= 0.3 is 6.18 Å². The van der Waals surface area contributed by atoms with Crippen LogP contribution >= 0.6 is 11.6 Å². The molecule has 0 saturated carbocycles. The van der Waals surface area contributed by atoms with Crippen molar-refractivity contribution in [2.75, 3.05) is 7.11 Å². The van der Waals surface area contributed by atoms with E-state index in [0.717, 1.165) is 30.9 Å². The quantitative estimate of drug-likeness (QED) is 0.468. The van der Waals surface area contributed by atoms with E-state index in [2.05, 4.69) is 0 Å². The summed E-state index contributed by atoms with van der Waals surface area (Å²) in [6.07, 6.45) is -2.81. The van der Waals surface area contributed by atoms with Crippen molar-refractivity contribution in [3.8, 4) is 28.6 Å². The molecule has 0 radical (unpaired) electrons. The Morgan fingerprint density at radius 1 is 1.19 bits per heavy atom. The minimum atomic E-state index is -4.73. The largest absolute Gasteiger partial charge is 0.507 e. The highest BCUT2D eigenvalue weighted by Crippen LogP contribution is 2.41. The van der Waals surface area contributed by atoms with E-state index in [-0.39, 0.29) is 40.0 Å². The van der Waals surface area contributed by atoms with Crippen LogP contribution < -0.4 is 10.2 Å². The van der Waals surface area contributed by atoms with Crippen LogP contribution in [0.25, 0.3) is 22.3 Å². The zero-order chi connectivity index (χ0) is 23.1. The van der Waals surface area contributed by atoms with Crippen LogP contribution in [0.4, 0.5) is 13.2 Å². The van der Waals surface area contributed by atoms with Gasteiger partial charge in [0.15, 0.2) is 5.76 Å². The summed E-state index contributed by atoms with van der Waals surface area (Å²) in [5.41, 5.74) is -1.05. The molecule has 0 saturated heterocycles. The molecule has 0 bridgehead atoms. The first-order valence-corrected chi connectivity index (χ1v) is 9.42. The number of phenolic OH excluding ortho intramolecular Hbond substituents is 2. The lowest BCUT2D eigenvalue weighted by Crippen LogP contribution is -2.10. The van der Waals surface area contributed by atoms with Gasteiger partial charge in [-0.25, -0.2) is 0 Å². The van der Waals surface area contributed by atoms with Gasteiger partial charge in [-0.15, -0.1) is 0 Å². The molecule has 0 spiro atoms. The van der Waals surface area contributed by atoms with E-state index in [4.69, 9.17) is 20.8 Å². The summed E-state index contributed by atoms with van der Waals surface area (Å²) in [6, 6.07) is 4.04. The highest BCUT2D eigenvalue weighted by molar-refractivity contribution is 6.31. The molecule has 1 heterocycles. The minimum Gasteiger partial charge on any atom is -0.507 e. The van der Waals surface area contributed by atoms with Crippen molar-refractivity contribution in [3.05, 3.63) is 62.3 Å². The molecule has 5 nitrogen and oxygen atoms in total. The van der Waals surface area contributed by atoms with Gasteiger partial charge in [-0.1, -0.05) is 23.3 Å². The lowest BCUT2D eigenvalue weighted by molar-refractivity contribution is -0.137. The normalized spacial score (nSPS) is 11.6. The zero-order valence-corrected chi connectivity index (χ0v) is 17.5. The number of fused-ring (bicyclic) bond motifs is 1. The van der Waals surface area contributed by atoms with Crippen LogP contribution in [-0.2, 0) is 12.6 Å². The van der Waals surface area contributed by atoms with Gasteiger partial charge < -0.3 is 19.4 Å². The number of allylic oxidation sites excluding steroid dienone is 2. The maximum Gasteiger partial charge on any atom is 0.417 e. The number of methoxy groups -OCH3 is 1. The Kier molecular flexibility index (Phi) is 5.96. The molecule has 0 aliphatic rings. The summed E-state index contributed by atoms with van der Waals surface area (Å²) in [5, 5.41) is 19.8. The molecule has 31 heavy (non-hydrogen) atoms. The Morgan fingerprint density at radius 3 is 2.45 bits per heavy atom. The van der Waals surface area contributed by atoms with E-state index >= 15 is 0 Å². The van der Waals surface area contributed by atoms with Crippen molar-refractivity contribution < 1.29 is 32.5 Å². The third kappa shape index (κ3) is 4.20. The number of aromatic hydroxyl groups is 2. The maximum atomic E-state index is 13.3. The van der Waals surface area contributed by atoms with Gasteiger partial charge in [-0.05, 0) is 38.5 Å². The molecule has 3 aromatic rings. The van der Waals surface area contributed by atoms with Crippen LogP contribution in [0.15, 0.2) is 45.1 Å². The molecular formula is C22H18ClF3O5. The molecule has 0 atom stereocenters. The summed E-state index contributed by atoms with van der Waals surface area (Å²) in [5.74, 6) is -1.55. The van der Waals surface area contributed by atoms with Crippen LogP contribution in [0.3, 0.4) is 0 Å². The van der Waals surface area contributed by atoms with Gasteiger partial charge in [0.25, 0.3) is 0 Å². The fraction of sp³-hybridized carbons (Fsp3) is 0.227. The molecule has 0 unspecified atom stereocenters. The first-order valence-electron chi connectivity index (χ1n) is 9.04. The highest BCUT2D eigenvalue weighted by Gasteiger charge is 2.34. The molecule has 0 aliphatic carbocycles. The Labute approximate surface area is 180 Å². The zero-order valence-electron chi connectivity index (χ0n) is 16.7. The van der Waals surface area contributed by atoms with Gasteiger partial charge in [0.1, 0.15) is 22.5 Å². The SMILES string of the molecule is COc1c(-c2ccc(Cl)c(C(F)(F)F)c2)oc2c(CC=C(C)C)c(O)cc(O)c2c1=O. The third-order valence-electron chi connectivity index (χ3n) is 4.64. The van der Waals surface area contributed by atoms with Crippen LogP contribution in [0.5, 0.6) is 17.2 Å². The number of ether oxygens (including phenoxy) is 1. The Morgan fingerprint density at radius 2 is 1.87 bits per heavy atom. The molecule has 9 heteroatoms. The number of benzene rings is 2. The van der Waals surface area contributed by atoms with E-state index in [1.54, 1.807) is 6.08 Å². The lowest BCUT2D eigenvalue weighted by Gasteiger charge is -2.15. The van der Waals surface area contributed by atoms with Crippen molar-refractivity contribution in [2.24, 2.45) is 0 Å². The second kappa shape index (κ2) is 8.19. The van der Waals surface area contributed by atoms with Gasteiger partial charge in [0.2, 0.25) is 11.2 Å². The van der Waals surface area contributed by atoms with Gasteiger partial charge in [0, 0.05) is 17.2 Å². The molecule has 3 rings (SSSR count). The standard InChI is InChI=1S/C22H18ClF3O5/c1-10(2)4-6-12-15(27)9-16(28)17-18(29)21(30-3)19(31-20(12)17)11-5-7-14(23)13(8-11)22(24,25)26/h4-5,7-9,27-28H,6H2,1-3H3. The molecule has 0 amide bonds. The summed E-state index contributed by atoms with van der Waals surface area (Å²) in [4.78, 5) is 13.0. The van der Waals surface area contributed by atoms with E-state index in [1.807, 2.05) is 13.8 Å². The number of phenols is 2. The summed E-state index contributed by atoms with van der Waals surface area (Å²) in [7, 11) is 1.16. The van der Waals surface area contributed by atoms with Gasteiger partial charge in [-0.2, -0.15) is 13.2 Å². The van der Waals surface area contributed by atoms with Crippen molar-refractivity contribution in [1.82, 2.24) is 0 Å². The average molecular weight is 455 g/mol. The predicted molar refractivity (Wildman–Crippen MR) is 111 cm³/mol. The fourth-order valence-electron chi connectivity index (χ4n) is 3.13. The molecule has 2 aromatic carbocycles. The third-order valence-corrected chi connectivity index (χ3v) is 4.97. The molecule has 164 valence electrons. The monoisotopic (exact) mass is 454 g/mol. The van der Waals surface area contributed by atoms with Crippen molar-refractivity contribution >= 4 is 22.6 Å². The van der Waals surface area contributed by atoms with Crippen LogP contribution in [0.1, 0.15) is 25.0 Å². The lowest BCUT2D eigenvalue weighted by atomic mass is 10.0. The second-order valence-corrected chi connectivity index (χ2v) is 7.48. The number of hydrogen-bond donors (Lipinski definition) is 2. The first-order chi connectivity index (χ1) is 14.5. The maximum absolute atomic E-state index is 13.3. The highest BCUT2D eigenvalue weighted by atomic mass is 35.5. The number of hydrogen-bond acceptors (Lipinski definition) is 5. The topological polar surface area (TPSA) is 79.9 Å². The molecular weight excluding hydrogens is 437 g/mol. The predicted octanol–water partition coefficient (Wildman–Crippen LogP) is 6.06. The Hall–Kier alpha value is -3.13. The summed E-state index contributed by atoms with van der Waals surface area (Å²) in [6.45, 7) is 3.66. The molecule has 0 aliphatic heterocycles. The van der Waals surface area contributed by atoms with Crippen molar-refractivity contribution in [1.29, 1.82) is 0 Å². The molecule has 2 N–H and O–H groups in total. The summed E-state index contributed by atoms with van der Waals surface area (Å²) >= 11 is 5.69. The molecule has 0 fully saturated rings. The fourth-order valence-corrected chi connectivity index (χ4v) is 3.36. The van der Waals surface area contributed by atoms with Gasteiger partial charge in [-0.3, -0.25) is 4.79 Å². The molecule has 1 aromatic heterocycles. The minimum absolute atomic E-state index is 0.108. The number of halogens is 4. The first kappa shape index (κ1) is 22.6. The van der Waals surface area contributed by atoms with Crippen LogP contribution in [-0.4, -0.2) is 17.3 Å². The van der Waals surface area contributed by atoms with E-state index in [0.29, 0.717) is 0 Å². The van der Waals surface area contributed by atoms with E-state index < -0.39 is 33.7 Å². The van der Waals surface area contributed by atoms with Crippen molar-refractivity contribution in [3.63, 3.8) is 0 Å². The van der Waals surface area contributed by atoms with E-state index in [1.165, 1.54) is 6.07 Å². The van der Waals surface area contributed by atoms with E-state index in [9.17, 15) is 28.2 Å². The Bertz CT molecular complexity index is 1250. The average Bonchev–Trinajstić information content (AvgIpc) is 2.66. The number of alkyl halides is 3. The number of rotatable bonds is 4. The van der Waals surface area contributed by atoms with Gasteiger partial charge in [0.05, 0.1) is 17.7 Å². The summed E-state index contributed by atoms with van der Waals surface area (Å²) < 4.78 is 50.9. The second-order valence-electron chi connectivity index (χ2n) is 7.07. The van der Waals surface area contributed by atoms with Crippen LogP contribution in [0, 0.1) is 0 Å². The van der Waals surface area contributed by atoms with Crippen LogP contribution in [0.2, 0.25) is 5.02 Å².